The van der Waals surface area contributed by atoms with E-state index in [0.717, 1.165) is 17.7 Å². The Hall–Kier alpha value is -1.80. The highest BCUT2D eigenvalue weighted by atomic mass is 16.5. The molecule has 2 nitrogen and oxygen atoms in total. The molecule has 0 saturated carbocycles. The van der Waals surface area contributed by atoms with Crippen LogP contribution in [-0.4, -0.2) is 12.2 Å². The summed E-state index contributed by atoms with van der Waals surface area (Å²) in [5.41, 5.74) is 2.10. The molecule has 2 aromatic rings. The third kappa shape index (κ3) is 3.11. The molecule has 0 bridgehead atoms. The fraction of sp³-hybridized carbons (Fsp3) is 0.250. The van der Waals surface area contributed by atoms with Crippen LogP contribution in [0.2, 0.25) is 0 Å². The van der Waals surface area contributed by atoms with Crippen molar-refractivity contribution in [3.63, 3.8) is 0 Å². The van der Waals surface area contributed by atoms with Crippen LogP contribution in [0.3, 0.4) is 0 Å². The summed E-state index contributed by atoms with van der Waals surface area (Å²) in [4.78, 5) is 0. The molecule has 0 saturated heterocycles. The van der Waals surface area contributed by atoms with Crippen molar-refractivity contribution in [1.29, 1.82) is 0 Å². The largest absolute Gasteiger partial charge is 0.496 e. The van der Waals surface area contributed by atoms with Gasteiger partial charge in [0.2, 0.25) is 0 Å². The number of para-hydroxylation sites is 1. The van der Waals surface area contributed by atoms with Crippen molar-refractivity contribution < 1.29 is 9.84 Å². The Bertz CT molecular complexity index is 479. The van der Waals surface area contributed by atoms with Crippen LogP contribution in [0.15, 0.2) is 54.6 Å². The van der Waals surface area contributed by atoms with Crippen molar-refractivity contribution in [2.45, 2.75) is 18.9 Å². The van der Waals surface area contributed by atoms with Crippen molar-refractivity contribution in [2.75, 3.05) is 7.11 Å². The molecular weight excluding hydrogens is 224 g/mol. The van der Waals surface area contributed by atoms with Gasteiger partial charge in [-0.1, -0.05) is 48.5 Å². The molecular formula is C16H18O2. The molecule has 18 heavy (non-hydrogen) atoms. The third-order valence-corrected chi connectivity index (χ3v) is 3.05. The maximum absolute atomic E-state index is 10.2. The lowest BCUT2D eigenvalue weighted by Gasteiger charge is -2.14. The number of hydrogen-bond acceptors (Lipinski definition) is 2. The number of aliphatic hydroxyl groups excluding tert-OH is 1. The van der Waals surface area contributed by atoms with E-state index in [4.69, 9.17) is 4.74 Å². The first-order valence-corrected chi connectivity index (χ1v) is 6.16. The van der Waals surface area contributed by atoms with Gasteiger partial charge in [0.25, 0.3) is 0 Å². The topological polar surface area (TPSA) is 29.5 Å². The smallest absolute Gasteiger partial charge is 0.124 e. The van der Waals surface area contributed by atoms with Gasteiger partial charge in [-0.05, 0) is 24.5 Å². The zero-order chi connectivity index (χ0) is 12.8. The molecule has 1 N–H and O–H groups in total. The molecule has 2 aromatic carbocycles. The van der Waals surface area contributed by atoms with E-state index < -0.39 is 6.10 Å². The molecule has 1 unspecified atom stereocenters. The number of ether oxygens (including phenoxy) is 1. The van der Waals surface area contributed by atoms with Gasteiger partial charge in [-0.3, -0.25) is 0 Å². The number of aliphatic hydroxyl groups is 1. The molecule has 0 aliphatic heterocycles. The summed E-state index contributed by atoms with van der Waals surface area (Å²) < 4.78 is 5.26. The molecule has 0 aromatic heterocycles. The van der Waals surface area contributed by atoms with Gasteiger partial charge in [0.15, 0.2) is 0 Å². The second-order valence-electron chi connectivity index (χ2n) is 4.28. The Labute approximate surface area is 108 Å². The second-order valence-corrected chi connectivity index (χ2v) is 4.28. The zero-order valence-corrected chi connectivity index (χ0v) is 10.5. The van der Waals surface area contributed by atoms with Crippen LogP contribution < -0.4 is 4.74 Å². The molecule has 2 rings (SSSR count). The number of methoxy groups -OCH3 is 1. The van der Waals surface area contributed by atoms with Crippen LogP contribution in [0.5, 0.6) is 5.75 Å². The highest BCUT2D eigenvalue weighted by Crippen LogP contribution is 2.27. The van der Waals surface area contributed by atoms with Gasteiger partial charge in [0.1, 0.15) is 5.75 Å². The second kappa shape index (κ2) is 6.22. The number of benzene rings is 2. The molecule has 0 fully saturated rings. The summed E-state index contributed by atoms with van der Waals surface area (Å²) in [5, 5.41) is 10.2. The maximum atomic E-state index is 10.2. The first-order valence-electron chi connectivity index (χ1n) is 6.16. The average molecular weight is 242 g/mol. The van der Waals surface area contributed by atoms with Crippen LogP contribution in [-0.2, 0) is 6.42 Å². The van der Waals surface area contributed by atoms with Gasteiger partial charge in [-0.2, -0.15) is 0 Å². The van der Waals surface area contributed by atoms with E-state index in [-0.39, 0.29) is 0 Å². The van der Waals surface area contributed by atoms with Crippen molar-refractivity contribution in [3.8, 4) is 5.75 Å². The molecule has 0 spiro atoms. The summed E-state index contributed by atoms with van der Waals surface area (Å²) in [6, 6.07) is 17.8. The van der Waals surface area contributed by atoms with E-state index in [1.165, 1.54) is 5.56 Å². The van der Waals surface area contributed by atoms with Crippen molar-refractivity contribution >= 4 is 0 Å². The highest BCUT2D eigenvalue weighted by molar-refractivity contribution is 5.35. The minimum atomic E-state index is -0.485. The van der Waals surface area contributed by atoms with E-state index >= 15 is 0 Å². The maximum Gasteiger partial charge on any atom is 0.124 e. The first-order chi connectivity index (χ1) is 8.81. The lowest BCUT2D eigenvalue weighted by Crippen LogP contribution is -2.02. The lowest BCUT2D eigenvalue weighted by atomic mass is 10.0. The van der Waals surface area contributed by atoms with Crippen LogP contribution in [0.1, 0.15) is 23.7 Å². The van der Waals surface area contributed by atoms with Crippen LogP contribution in [0, 0.1) is 0 Å². The number of hydrogen-bond donors (Lipinski definition) is 1. The SMILES string of the molecule is COc1ccccc1C(O)CCc1ccccc1. The van der Waals surface area contributed by atoms with Gasteiger partial charge in [0, 0.05) is 5.56 Å². The monoisotopic (exact) mass is 242 g/mol. The van der Waals surface area contributed by atoms with Crippen LogP contribution in [0.4, 0.5) is 0 Å². The molecule has 0 radical (unpaired) electrons. The predicted molar refractivity (Wildman–Crippen MR) is 72.7 cm³/mol. The van der Waals surface area contributed by atoms with Crippen molar-refractivity contribution in [2.24, 2.45) is 0 Å². The van der Waals surface area contributed by atoms with E-state index in [0.29, 0.717) is 6.42 Å². The Morgan fingerprint density at radius 2 is 1.67 bits per heavy atom. The Morgan fingerprint density at radius 1 is 1.00 bits per heavy atom. The number of aryl methyl sites for hydroxylation is 1. The Balaban J connectivity index is 2.01. The lowest BCUT2D eigenvalue weighted by molar-refractivity contribution is 0.163. The molecule has 0 amide bonds. The minimum absolute atomic E-state index is 0.485. The summed E-state index contributed by atoms with van der Waals surface area (Å²) in [6.07, 6.45) is 1.08. The molecule has 1 atom stereocenters. The highest BCUT2D eigenvalue weighted by Gasteiger charge is 2.12. The van der Waals surface area contributed by atoms with Gasteiger partial charge in [0.05, 0.1) is 13.2 Å². The van der Waals surface area contributed by atoms with Gasteiger partial charge in [-0.15, -0.1) is 0 Å². The quantitative estimate of drug-likeness (QED) is 0.871. The summed E-state index contributed by atoms with van der Waals surface area (Å²) in [7, 11) is 1.63. The van der Waals surface area contributed by atoms with Gasteiger partial charge in [-0.25, -0.2) is 0 Å². The molecule has 0 aliphatic carbocycles. The van der Waals surface area contributed by atoms with Crippen molar-refractivity contribution in [1.82, 2.24) is 0 Å². The van der Waals surface area contributed by atoms with Crippen molar-refractivity contribution in [3.05, 3.63) is 65.7 Å². The molecule has 2 heteroatoms. The third-order valence-electron chi connectivity index (χ3n) is 3.05. The summed E-state index contributed by atoms with van der Waals surface area (Å²) >= 11 is 0. The fourth-order valence-electron chi connectivity index (χ4n) is 2.05. The zero-order valence-electron chi connectivity index (χ0n) is 10.5. The van der Waals surface area contributed by atoms with E-state index in [1.807, 2.05) is 42.5 Å². The summed E-state index contributed by atoms with van der Waals surface area (Å²) in [6.45, 7) is 0. The Kier molecular flexibility index (Phi) is 4.37. The standard InChI is InChI=1S/C16H18O2/c1-18-16-10-6-5-9-14(16)15(17)12-11-13-7-3-2-4-8-13/h2-10,15,17H,11-12H2,1H3. The Morgan fingerprint density at radius 3 is 2.39 bits per heavy atom. The normalized spacial score (nSPS) is 12.1. The fourth-order valence-corrected chi connectivity index (χ4v) is 2.05. The first kappa shape index (κ1) is 12.7. The molecule has 0 aliphatic rings. The average Bonchev–Trinajstić information content (AvgIpc) is 2.45. The minimum Gasteiger partial charge on any atom is -0.496 e. The number of rotatable bonds is 5. The van der Waals surface area contributed by atoms with E-state index in [2.05, 4.69) is 12.1 Å². The molecule has 94 valence electrons. The van der Waals surface area contributed by atoms with Gasteiger partial charge < -0.3 is 9.84 Å². The van der Waals surface area contributed by atoms with Crippen LogP contribution in [0.25, 0.3) is 0 Å². The molecule has 0 heterocycles. The predicted octanol–water partition coefficient (Wildman–Crippen LogP) is 3.36. The van der Waals surface area contributed by atoms with Crippen LogP contribution >= 0.6 is 0 Å². The van der Waals surface area contributed by atoms with E-state index in [9.17, 15) is 5.11 Å². The summed E-state index contributed by atoms with van der Waals surface area (Å²) in [5.74, 6) is 0.748. The van der Waals surface area contributed by atoms with E-state index in [1.54, 1.807) is 7.11 Å². The van der Waals surface area contributed by atoms with Gasteiger partial charge >= 0.3 is 0 Å².